The van der Waals surface area contributed by atoms with Crippen LogP contribution in [-0.2, 0) is 6.18 Å². The van der Waals surface area contributed by atoms with Gasteiger partial charge in [-0.3, -0.25) is 0 Å². The van der Waals surface area contributed by atoms with Gasteiger partial charge in [0.05, 0.1) is 0 Å². The van der Waals surface area contributed by atoms with Crippen LogP contribution in [-0.4, -0.2) is 0 Å². The summed E-state index contributed by atoms with van der Waals surface area (Å²) in [5, 5.41) is 0. The van der Waals surface area contributed by atoms with Gasteiger partial charge >= 0.3 is 6.18 Å². The van der Waals surface area contributed by atoms with Crippen LogP contribution in [0.3, 0.4) is 0 Å². The molecular formula is C19H8F10N2O2. The number of benzene rings is 3. The van der Waals surface area contributed by atoms with E-state index in [0.717, 1.165) is 0 Å². The highest BCUT2D eigenvalue weighted by Crippen LogP contribution is 2.44. The van der Waals surface area contributed by atoms with E-state index in [2.05, 4.69) is 9.47 Å². The predicted octanol–water partition coefficient (Wildman–Crippen LogP) is 6.43. The summed E-state index contributed by atoms with van der Waals surface area (Å²) in [6.07, 6.45) is -5.37. The van der Waals surface area contributed by atoms with Crippen molar-refractivity contribution in [2.45, 2.75) is 6.18 Å². The van der Waals surface area contributed by atoms with Crippen LogP contribution < -0.4 is 20.9 Å². The van der Waals surface area contributed by atoms with Gasteiger partial charge < -0.3 is 20.9 Å². The SMILES string of the molecule is Nc1c(F)cc(F)c(Oc2cc(Oc3c(F)cc(F)c(N)c3F)c(C(F)(F)F)cc2F)c1F. The molecule has 0 spiro atoms. The van der Waals surface area contributed by atoms with Crippen LogP contribution in [0.4, 0.5) is 55.3 Å². The van der Waals surface area contributed by atoms with Crippen molar-refractivity contribution in [3.8, 4) is 23.0 Å². The molecule has 3 aromatic carbocycles. The molecule has 0 atom stereocenters. The molecule has 0 aliphatic carbocycles. The molecule has 0 bridgehead atoms. The van der Waals surface area contributed by atoms with Crippen molar-refractivity contribution in [2.24, 2.45) is 0 Å². The summed E-state index contributed by atoms with van der Waals surface area (Å²) in [6.45, 7) is 0. The molecule has 0 aromatic heterocycles. The standard InChI is InChI=1S/C19H8F10N2O2/c20-6-1-5(19(27,28)29)11(32-17-9(23)2-7(21)15(30)13(17)25)4-12(6)33-18-10(24)3-8(22)16(31)14(18)26/h1-4H,30-31H2. The average molecular weight is 486 g/mol. The summed E-state index contributed by atoms with van der Waals surface area (Å²) in [7, 11) is 0. The topological polar surface area (TPSA) is 70.5 Å². The van der Waals surface area contributed by atoms with Gasteiger partial charge in [-0.1, -0.05) is 0 Å². The summed E-state index contributed by atoms with van der Waals surface area (Å²) >= 11 is 0. The van der Waals surface area contributed by atoms with E-state index < -0.39 is 86.8 Å². The zero-order valence-electron chi connectivity index (χ0n) is 15.6. The molecule has 4 N–H and O–H groups in total. The van der Waals surface area contributed by atoms with Crippen LogP contribution in [0.5, 0.6) is 23.0 Å². The third-order valence-electron chi connectivity index (χ3n) is 4.09. The first-order valence-corrected chi connectivity index (χ1v) is 8.34. The molecule has 0 aliphatic rings. The number of rotatable bonds is 4. The molecular weight excluding hydrogens is 478 g/mol. The Labute approximate surface area is 176 Å². The number of alkyl halides is 3. The van der Waals surface area contributed by atoms with Gasteiger partial charge in [-0.2, -0.15) is 13.2 Å². The van der Waals surface area contributed by atoms with Crippen LogP contribution in [0.2, 0.25) is 0 Å². The van der Waals surface area contributed by atoms with Crippen molar-refractivity contribution in [1.29, 1.82) is 0 Å². The highest BCUT2D eigenvalue weighted by Gasteiger charge is 2.37. The van der Waals surface area contributed by atoms with Gasteiger partial charge in [0, 0.05) is 18.2 Å². The van der Waals surface area contributed by atoms with Crippen LogP contribution >= 0.6 is 0 Å². The van der Waals surface area contributed by atoms with E-state index >= 15 is 0 Å². The van der Waals surface area contributed by atoms with Gasteiger partial charge in [0.25, 0.3) is 0 Å². The highest BCUT2D eigenvalue weighted by atomic mass is 19.4. The monoisotopic (exact) mass is 486 g/mol. The fraction of sp³-hybridized carbons (Fsp3) is 0.0526. The van der Waals surface area contributed by atoms with Crippen molar-refractivity contribution in [2.75, 3.05) is 11.5 Å². The van der Waals surface area contributed by atoms with Crippen molar-refractivity contribution >= 4 is 11.4 Å². The number of hydrogen-bond acceptors (Lipinski definition) is 4. The molecule has 0 fully saturated rings. The molecule has 0 saturated carbocycles. The lowest BCUT2D eigenvalue weighted by Gasteiger charge is -2.18. The smallest absolute Gasteiger partial charge is 0.420 e. The third-order valence-corrected chi connectivity index (χ3v) is 4.09. The molecule has 14 heteroatoms. The lowest BCUT2D eigenvalue weighted by atomic mass is 10.1. The Morgan fingerprint density at radius 1 is 0.545 bits per heavy atom. The summed E-state index contributed by atoms with van der Waals surface area (Å²) in [5.41, 5.74) is 5.56. The summed E-state index contributed by atoms with van der Waals surface area (Å²) in [5.74, 6) is -18.3. The molecule has 33 heavy (non-hydrogen) atoms. The van der Waals surface area contributed by atoms with Gasteiger partial charge in [-0.25, -0.2) is 30.7 Å². The van der Waals surface area contributed by atoms with E-state index in [1.165, 1.54) is 0 Å². The minimum Gasteiger partial charge on any atom is -0.450 e. The quantitative estimate of drug-likeness (QED) is 0.330. The van der Waals surface area contributed by atoms with Gasteiger partial charge in [0.1, 0.15) is 22.7 Å². The molecule has 0 aliphatic heterocycles. The first-order chi connectivity index (χ1) is 15.2. The van der Waals surface area contributed by atoms with Crippen molar-refractivity contribution in [3.63, 3.8) is 0 Å². The maximum absolute atomic E-state index is 14.3. The summed E-state index contributed by atoms with van der Waals surface area (Å²) in [6, 6.07) is -0.155. The molecule has 3 rings (SSSR count). The maximum Gasteiger partial charge on any atom is 0.420 e. The minimum atomic E-state index is -5.37. The fourth-order valence-corrected chi connectivity index (χ4v) is 2.50. The molecule has 3 aromatic rings. The van der Waals surface area contributed by atoms with E-state index in [9.17, 15) is 43.9 Å². The summed E-state index contributed by atoms with van der Waals surface area (Å²) < 4.78 is 146. The number of ether oxygens (including phenoxy) is 2. The van der Waals surface area contributed by atoms with Crippen molar-refractivity contribution in [1.82, 2.24) is 0 Å². The van der Waals surface area contributed by atoms with Gasteiger partial charge in [0.15, 0.2) is 46.5 Å². The Kier molecular flexibility index (Phi) is 5.96. The van der Waals surface area contributed by atoms with Gasteiger partial charge in [-0.15, -0.1) is 0 Å². The second kappa shape index (κ2) is 8.26. The molecule has 0 unspecified atom stereocenters. The third kappa shape index (κ3) is 4.40. The number of anilines is 2. The second-order valence-corrected chi connectivity index (χ2v) is 6.27. The minimum absolute atomic E-state index is 0.00793. The number of nitrogens with two attached hydrogens (primary N) is 2. The molecule has 4 nitrogen and oxygen atoms in total. The largest absolute Gasteiger partial charge is 0.450 e. The second-order valence-electron chi connectivity index (χ2n) is 6.27. The Bertz CT molecular complexity index is 1260. The molecule has 0 amide bonds. The zero-order valence-corrected chi connectivity index (χ0v) is 15.6. The molecule has 0 radical (unpaired) electrons. The van der Waals surface area contributed by atoms with Crippen LogP contribution in [0, 0.1) is 40.7 Å². The predicted molar refractivity (Wildman–Crippen MR) is 93.0 cm³/mol. The van der Waals surface area contributed by atoms with E-state index in [-0.39, 0.29) is 24.3 Å². The van der Waals surface area contributed by atoms with Crippen LogP contribution in [0.1, 0.15) is 5.56 Å². The zero-order chi connectivity index (χ0) is 24.8. The first-order valence-electron chi connectivity index (χ1n) is 8.34. The highest BCUT2D eigenvalue weighted by molar-refractivity contribution is 5.53. The van der Waals surface area contributed by atoms with Gasteiger partial charge in [0.2, 0.25) is 11.5 Å². The van der Waals surface area contributed by atoms with E-state index in [1.807, 2.05) is 0 Å². The lowest BCUT2D eigenvalue weighted by molar-refractivity contribution is -0.138. The Balaban J connectivity index is 2.17. The molecule has 176 valence electrons. The van der Waals surface area contributed by atoms with Crippen LogP contribution in [0.15, 0.2) is 24.3 Å². The Morgan fingerprint density at radius 3 is 1.39 bits per heavy atom. The summed E-state index contributed by atoms with van der Waals surface area (Å²) in [4.78, 5) is 0. The number of nitrogen functional groups attached to an aromatic ring is 2. The Hall–Kier alpha value is -3.84. The van der Waals surface area contributed by atoms with Crippen molar-refractivity contribution in [3.05, 3.63) is 70.5 Å². The Morgan fingerprint density at radius 2 is 0.970 bits per heavy atom. The molecule has 0 heterocycles. The van der Waals surface area contributed by atoms with Crippen LogP contribution in [0.25, 0.3) is 0 Å². The fourth-order valence-electron chi connectivity index (χ4n) is 2.50. The van der Waals surface area contributed by atoms with Crippen molar-refractivity contribution < 1.29 is 53.4 Å². The van der Waals surface area contributed by atoms with E-state index in [0.29, 0.717) is 0 Å². The van der Waals surface area contributed by atoms with E-state index in [4.69, 9.17) is 11.5 Å². The van der Waals surface area contributed by atoms with E-state index in [1.54, 1.807) is 0 Å². The lowest BCUT2D eigenvalue weighted by Crippen LogP contribution is -2.10. The number of halogens is 10. The molecule has 0 saturated heterocycles. The maximum atomic E-state index is 14.3. The normalized spacial score (nSPS) is 11.6. The number of hydrogen-bond donors (Lipinski definition) is 2. The van der Waals surface area contributed by atoms with Gasteiger partial charge in [-0.05, 0) is 6.07 Å². The average Bonchev–Trinajstić information content (AvgIpc) is 2.71. The first kappa shape index (κ1) is 23.8.